The molecule has 7 heteroatoms. The van der Waals surface area contributed by atoms with E-state index in [0.717, 1.165) is 15.9 Å². The molecule has 6 nitrogen and oxygen atoms in total. The minimum Gasteiger partial charge on any atom is -0.369 e. The Morgan fingerprint density at radius 2 is 2.00 bits per heavy atom. The van der Waals surface area contributed by atoms with Crippen molar-refractivity contribution < 1.29 is 9.59 Å². The van der Waals surface area contributed by atoms with Gasteiger partial charge in [0.05, 0.1) is 23.1 Å². The zero-order valence-corrected chi connectivity index (χ0v) is 15.0. The minimum atomic E-state index is -0.277. The lowest BCUT2D eigenvalue weighted by atomic mass is 9.96. The molecular formula is C17H19BrN4O2. The summed E-state index contributed by atoms with van der Waals surface area (Å²) in [5.41, 5.74) is 7.63. The van der Waals surface area contributed by atoms with Gasteiger partial charge in [0.25, 0.3) is 5.91 Å². The lowest BCUT2D eigenvalue weighted by Gasteiger charge is -2.30. The van der Waals surface area contributed by atoms with Gasteiger partial charge in [0.1, 0.15) is 0 Å². The Hall–Kier alpha value is -2.15. The molecule has 1 aromatic heterocycles. The van der Waals surface area contributed by atoms with Crippen LogP contribution >= 0.6 is 15.9 Å². The summed E-state index contributed by atoms with van der Waals surface area (Å²) in [5, 5.41) is 4.36. The molecule has 0 atom stereocenters. The number of amides is 2. The first-order valence-corrected chi connectivity index (χ1v) is 8.66. The third kappa shape index (κ3) is 3.21. The van der Waals surface area contributed by atoms with Crippen molar-refractivity contribution in [2.45, 2.75) is 19.8 Å². The molecule has 0 unspecified atom stereocenters. The highest BCUT2D eigenvalue weighted by Crippen LogP contribution is 2.22. The normalized spacial score (nSPS) is 15.5. The Labute approximate surface area is 148 Å². The number of likely N-dealkylation sites (tertiary alicyclic amines) is 1. The van der Waals surface area contributed by atoms with Gasteiger partial charge in [-0.25, -0.2) is 4.68 Å². The molecule has 24 heavy (non-hydrogen) atoms. The summed E-state index contributed by atoms with van der Waals surface area (Å²) in [4.78, 5) is 25.8. The van der Waals surface area contributed by atoms with Gasteiger partial charge in [-0.3, -0.25) is 9.59 Å². The molecule has 3 rings (SSSR count). The smallest absolute Gasteiger partial charge is 0.257 e. The molecule has 2 N–H and O–H groups in total. The molecule has 2 aromatic rings. The molecule has 126 valence electrons. The number of hydrogen-bond acceptors (Lipinski definition) is 3. The van der Waals surface area contributed by atoms with Crippen molar-refractivity contribution in [2.24, 2.45) is 11.7 Å². The van der Waals surface area contributed by atoms with Crippen LogP contribution in [-0.2, 0) is 4.79 Å². The second-order valence-electron chi connectivity index (χ2n) is 6.00. The van der Waals surface area contributed by atoms with Crippen molar-refractivity contribution in [1.82, 2.24) is 14.7 Å². The Morgan fingerprint density at radius 3 is 2.62 bits per heavy atom. The van der Waals surface area contributed by atoms with E-state index in [1.54, 1.807) is 15.8 Å². The summed E-state index contributed by atoms with van der Waals surface area (Å²) in [6.07, 6.45) is 2.86. The molecule has 0 radical (unpaired) electrons. The van der Waals surface area contributed by atoms with E-state index in [9.17, 15) is 9.59 Å². The summed E-state index contributed by atoms with van der Waals surface area (Å²) < 4.78 is 2.71. The largest absolute Gasteiger partial charge is 0.369 e. The van der Waals surface area contributed by atoms with Gasteiger partial charge in [-0.2, -0.15) is 5.10 Å². The van der Waals surface area contributed by atoms with E-state index in [4.69, 9.17) is 5.73 Å². The van der Waals surface area contributed by atoms with Gasteiger partial charge >= 0.3 is 0 Å². The molecule has 1 fully saturated rings. The van der Waals surface area contributed by atoms with Crippen LogP contribution < -0.4 is 5.73 Å². The molecule has 2 amide bonds. The van der Waals surface area contributed by atoms with Crippen LogP contribution in [0.1, 0.15) is 28.9 Å². The molecule has 0 bridgehead atoms. The van der Waals surface area contributed by atoms with E-state index in [1.807, 2.05) is 31.2 Å². The van der Waals surface area contributed by atoms with Crippen molar-refractivity contribution >= 4 is 27.7 Å². The highest BCUT2D eigenvalue weighted by molar-refractivity contribution is 9.10. The zero-order valence-electron chi connectivity index (χ0n) is 13.4. The van der Waals surface area contributed by atoms with Gasteiger partial charge in [-0.05, 0) is 38.0 Å². The SMILES string of the molecule is Cc1c(C(=O)N2CCC(C(N)=O)CC2)cnn1-c1cccc(Br)c1. The monoisotopic (exact) mass is 390 g/mol. The van der Waals surface area contributed by atoms with E-state index < -0.39 is 0 Å². The van der Waals surface area contributed by atoms with Crippen molar-refractivity contribution in [3.63, 3.8) is 0 Å². The minimum absolute atomic E-state index is 0.0448. The number of nitrogens with two attached hydrogens (primary N) is 1. The van der Waals surface area contributed by atoms with Gasteiger partial charge in [0.15, 0.2) is 0 Å². The van der Waals surface area contributed by atoms with Crippen LogP contribution in [0.3, 0.4) is 0 Å². The average molecular weight is 391 g/mol. The summed E-state index contributed by atoms with van der Waals surface area (Å²) >= 11 is 3.45. The Kier molecular flexibility index (Phi) is 4.71. The van der Waals surface area contributed by atoms with Crippen LogP contribution in [0.2, 0.25) is 0 Å². The molecule has 1 aliphatic rings. The van der Waals surface area contributed by atoms with E-state index in [0.29, 0.717) is 31.5 Å². The fourth-order valence-corrected chi connectivity index (χ4v) is 3.41. The van der Waals surface area contributed by atoms with Gasteiger partial charge in [0, 0.05) is 23.5 Å². The fourth-order valence-electron chi connectivity index (χ4n) is 3.03. The number of aromatic nitrogens is 2. The summed E-state index contributed by atoms with van der Waals surface area (Å²) in [6, 6.07) is 7.76. The lowest BCUT2D eigenvalue weighted by Crippen LogP contribution is -2.41. The van der Waals surface area contributed by atoms with E-state index in [1.165, 1.54) is 0 Å². The number of nitrogens with zero attached hydrogens (tertiary/aromatic N) is 3. The van der Waals surface area contributed by atoms with Crippen LogP contribution in [0.15, 0.2) is 34.9 Å². The van der Waals surface area contributed by atoms with E-state index >= 15 is 0 Å². The standard InChI is InChI=1S/C17H19BrN4O2/c1-11-15(10-20-22(11)14-4-2-3-13(18)9-14)17(24)21-7-5-12(6-8-21)16(19)23/h2-4,9-10,12H,5-8H2,1H3,(H2,19,23). The highest BCUT2D eigenvalue weighted by Gasteiger charge is 2.28. The van der Waals surface area contributed by atoms with Gasteiger partial charge in [-0.1, -0.05) is 22.0 Å². The maximum Gasteiger partial charge on any atom is 0.257 e. The lowest BCUT2D eigenvalue weighted by molar-refractivity contribution is -0.123. The first-order chi connectivity index (χ1) is 11.5. The average Bonchev–Trinajstić information content (AvgIpc) is 2.96. The first-order valence-electron chi connectivity index (χ1n) is 7.86. The predicted molar refractivity (Wildman–Crippen MR) is 93.8 cm³/mol. The maximum atomic E-state index is 12.8. The molecule has 1 aromatic carbocycles. The van der Waals surface area contributed by atoms with Crippen molar-refractivity contribution in [1.29, 1.82) is 0 Å². The van der Waals surface area contributed by atoms with Crippen LogP contribution in [0.5, 0.6) is 0 Å². The van der Waals surface area contributed by atoms with E-state index in [2.05, 4.69) is 21.0 Å². The van der Waals surface area contributed by atoms with E-state index in [-0.39, 0.29) is 17.7 Å². The quantitative estimate of drug-likeness (QED) is 0.872. The molecular weight excluding hydrogens is 372 g/mol. The number of carbonyl (C=O) groups is 2. The van der Waals surface area contributed by atoms with Crippen molar-refractivity contribution in [3.8, 4) is 5.69 Å². The maximum absolute atomic E-state index is 12.8. The second kappa shape index (κ2) is 6.76. The number of halogens is 1. The number of carbonyl (C=O) groups excluding carboxylic acids is 2. The van der Waals surface area contributed by atoms with Crippen LogP contribution in [0.4, 0.5) is 0 Å². The Balaban J connectivity index is 1.79. The number of hydrogen-bond donors (Lipinski definition) is 1. The van der Waals surface area contributed by atoms with Crippen LogP contribution in [-0.4, -0.2) is 39.6 Å². The molecule has 0 aliphatic carbocycles. The van der Waals surface area contributed by atoms with Crippen molar-refractivity contribution in [3.05, 3.63) is 46.2 Å². The first kappa shape index (κ1) is 16.7. The van der Waals surface area contributed by atoms with Crippen LogP contribution in [0, 0.1) is 12.8 Å². The number of primary amides is 1. The zero-order chi connectivity index (χ0) is 17.3. The van der Waals surface area contributed by atoms with Crippen molar-refractivity contribution in [2.75, 3.05) is 13.1 Å². The number of benzene rings is 1. The molecule has 0 saturated carbocycles. The molecule has 1 aliphatic heterocycles. The summed E-state index contributed by atoms with van der Waals surface area (Å²) in [5.74, 6) is -0.447. The Morgan fingerprint density at radius 1 is 1.29 bits per heavy atom. The third-order valence-corrected chi connectivity index (χ3v) is 4.97. The highest BCUT2D eigenvalue weighted by atomic mass is 79.9. The topological polar surface area (TPSA) is 81.2 Å². The number of rotatable bonds is 3. The fraction of sp³-hybridized carbons (Fsp3) is 0.353. The van der Waals surface area contributed by atoms with Gasteiger partial charge in [-0.15, -0.1) is 0 Å². The molecule has 2 heterocycles. The number of piperidine rings is 1. The van der Waals surface area contributed by atoms with Crippen LogP contribution in [0.25, 0.3) is 5.69 Å². The Bertz CT molecular complexity index is 779. The second-order valence-corrected chi connectivity index (χ2v) is 6.92. The van der Waals surface area contributed by atoms with Gasteiger partial charge in [0.2, 0.25) is 5.91 Å². The van der Waals surface area contributed by atoms with Gasteiger partial charge < -0.3 is 10.6 Å². The summed E-state index contributed by atoms with van der Waals surface area (Å²) in [6.45, 7) is 2.99. The predicted octanol–water partition coefficient (Wildman–Crippen LogP) is 2.28. The molecule has 1 saturated heterocycles. The summed E-state index contributed by atoms with van der Waals surface area (Å²) in [7, 11) is 0. The molecule has 0 spiro atoms. The third-order valence-electron chi connectivity index (χ3n) is 4.48.